The van der Waals surface area contributed by atoms with E-state index in [1.54, 1.807) is 19.1 Å². The average Bonchev–Trinajstić information content (AvgIpc) is 2.61. The lowest BCUT2D eigenvalue weighted by molar-refractivity contribution is -0.147. The summed E-state index contributed by atoms with van der Waals surface area (Å²) in [5, 5.41) is 2.87. The molecule has 0 aromatic heterocycles. The minimum absolute atomic E-state index is 0.0873. The highest BCUT2D eigenvalue weighted by Gasteiger charge is 2.37. The lowest BCUT2D eigenvalue weighted by Crippen LogP contribution is -2.53. The highest BCUT2D eigenvalue weighted by Crippen LogP contribution is 2.27. The largest absolute Gasteiger partial charge is 0.467 e. The predicted octanol–water partition coefficient (Wildman–Crippen LogP) is 3.26. The number of allylic oxidation sites excluding steroid dienone is 1. The second-order valence-electron chi connectivity index (χ2n) is 6.97. The van der Waals surface area contributed by atoms with E-state index in [4.69, 9.17) is 10.5 Å². The second kappa shape index (κ2) is 8.30. The van der Waals surface area contributed by atoms with Crippen LogP contribution in [-0.2, 0) is 9.53 Å². The Kier molecular flexibility index (Phi) is 6.37. The number of hydrogen-bond donors (Lipinski definition) is 2. The van der Waals surface area contributed by atoms with Crippen LogP contribution in [-0.4, -0.2) is 24.5 Å². The van der Waals surface area contributed by atoms with Crippen molar-refractivity contribution >= 4 is 11.9 Å². The summed E-state index contributed by atoms with van der Waals surface area (Å²) in [6, 6.07) is 7.03. The van der Waals surface area contributed by atoms with Crippen molar-refractivity contribution in [2.45, 2.75) is 57.5 Å². The van der Waals surface area contributed by atoms with Gasteiger partial charge < -0.3 is 15.8 Å². The van der Waals surface area contributed by atoms with E-state index in [1.807, 2.05) is 19.1 Å². The molecule has 2 atom stereocenters. The van der Waals surface area contributed by atoms with Gasteiger partial charge in [0, 0.05) is 18.0 Å². The first-order valence-electron chi connectivity index (χ1n) is 8.80. The second-order valence-corrected chi connectivity index (χ2v) is 6.97. The molecule has 25 heavy (non-hydrogen) atoms. The zero-order chi connectivity index (χ0) is 18.4. The summed E-state index contributed by atoms with van der Waals surface area (Å²) in [5.41, 5.74) is 7.42. The smallest absolute Gasteiger partial charge is 0.331 e. The minimum atomic E-state index is -1.07. The van der Waals surface area contributed by atoms with Crippen molar-refractivity contribution in [1.82, 2.24) is 5.32 Å². The van der Waals surface area contributed by atoms with Crippen LogP contribution < -0.4 is 11.1 Å². The standard InChI is InChI=1S/C20H28N2O3/c1-14(21)16-9-11-17(12-10-16)18(23)22-20(2,19(24)25-3)13-15-7-5-4-6-8-15/h7,9-12,14H,4-6,8,13,21H2,1-3H3,(H,22,23). The first-order chi connectivity index (χ1) is 11.9. The van der Waals surface area contributed by atoms with Gasteiger partial charge in [-0.3, -0.25) is 4.79 Å². The number of hydrogen-bond acceptors (Lipinski definition) is 4. The van der Waals surface area contributed by atoms with E-state index >= 15 is 0 Å². The van der Waals surface area contributed by atoms with Crippen LogP contribution in [0.15, 0.2) is 35.9 Å². The zero-order valence-electron chi connectivity index (χ0n) is 15.3. The Morgan fingerprint density at radius 1 is 1.28 bits per heavy atom. The van der Waals surface area contributed by atoms with Gasteiger partial charge in [-0.1, -0.05) is 23.8 Å². The maximum atomic E-state index is 12.6. The fourth-order valence-electron chi connectivity index (χ4n) is 3.17. The molecule has 0 heterocycles. The molecule has 0 bridgehead atoms. The first kappa shape index (κ1) is 19.2. The van der Waals surface area contributed by atoms with Crippen LogP contribution in [0.5, 0.6) is 0 Å². The molecular weight excluding hydrogens is 316 g/mol. The maximum Gasteiger partial charge on any atom is 0.331 e. The van der Waals surface area contributed by atoms with Gasteiger partial charge in [0.05, 0.1) is 7.11 Å². The van der Waals surface area contributed by atoms with Gasteiger partial charge in [0.2, 0.25) is 0 Å². The predicted molar refractivity (Wildman–Crippen MR) is 98.1 cm³/mol. The van der Waals surface area contributed by atoms with Crippen molar-refractivity contribution in [3.8, 4) is 0 Å². The minimum Gasteiger partial charge on any atom is -0.467 e. The average molecular weight is 344 g/mol. The van der Waals surface area contributed by atoms with Gasteiger partial charge in [0.25, 0.3) is 5.91 Å². The number of amides is 1. The Balaban J connectivity index is 2.16. The molecule has 5 nitrogen and oxygen atoms in total. The molecule has 1 aromatic carbocycles. The van der Waals surface area contributed by atoms with Gasteiger partial charge >= 0.3 is 5.97 Å². The van der Waals surface area contributed by atoms with E-state index in [2.05, 4.69) is 11.4 Å². The Bertz CT molecular complexity index is 649. The highest BCUT2D eigenvalue weighted by atomic mass is 16.5. The van der Waals surface area contributed by atoms with Crippen molar-refractivity contribution in [1.29, 1.82) is 0 Å². The Hall–Kier alpha value is -2.14. The number of esters is 1. The number of benzene rings is 1. The summed E-state index contributed by atoms with van der Waals surface area (Å²) in [7, 11) is 1.35. The number of carbonyl (C=O) groups excluding carboxylic acids is 2. The number of nitrogens with two attached hydrogens (primary N) is 1. The molecule has 1 aliphatic carbocycles. The van der Waals surface area contributed by atoms with E-state index in [9.17, 15) is 9.59 Å². The van der Waals surface area contributed by atoms with Crippen LogP contribution in [0, 0.1) is 0 Å². The summed E-state index contributed by atoms with van der Waals surface area (Å²) in [6.07, 6.45) is 6.94. The summed E-state index contributed by atoms with van der Waals surface area (Å²) < 4.78 is 4.95. The molecule has 1 aliphatic rings. The molecule has 0 spiro atoms. The summed E-state index contributed by atoms with van der Waals surface area (Å²) in [5.74, 6) is -0.722. The van der Waals surface area contributed by atoms with Gasteiger partial charge in [-0.25, -0.2) is 4.79 Å². The monoisotopic (exact) mass is 344 g/mol. The molecule has 1 amide bonds. The topological polar surface area (TPSA) is 81.4 Å². The van der Waals surface area contributed by atoms with E-state index in [1.165, 1.54) is 19.1 Å². The van der Waals surface area contributed by atoms with Crippen molar-refractivity contribution < 1.29 is 14.3 Å². The molecular formula is C20H28N2O3. The Morgan fingerprint density at radius 3 is 2.48 bits per heavy atom. The molecule has 0 saturated carbocycles. The van der Waals surface area contributed by atoms with E-state index < -0.39 is 11.5 Å². The molecule has 0 saturated heterocycles. The number of carbonyl (C=O) groups is 2. The third-order valence-corrected chi connectivity index (χ3v) is 4.69. The third kappa shape index (κ3) is 4.92. The first-order valence-corrected chi connectivity index (χ1v) is 8.80. The van der Waals surface area contributed by atoms with Gasteiger partial charge in [-0.15, -0.1) is 0 Å². The third-order valence-electron chi connectivity index (χ3n) is 4.69. The number of methoxy groups -OCH3 is 1. The number of rotatable bonds is 6. The molecule has 0 aliphatic heterocycles. The molecule has 0 radical (unpaired) electrons. The molecule has 3 N–H and O–H groups in total. The van der Waals surface area contributed by atoms with Gasteiger partial charge in [-0.2, -0.15) is 0 Å². The summed E-state index contributed by atoms with van der Waals surface area (Å²) in [6.45, 7) is 3.61. The van der Waals surface area contributed by atoms with Crippen LogP contribution in [0.25, 0.3) is 0 Å². The molecule has 2 rings (SSSR count). The quantitative estimate of drug-likeness (QED) is 0.613. The molecule has 2 unspecified atom stereocenters. The summed E-state index contributed by atoms with van der Waals surface area (Å²) >= 11 is 0. The van der Waals surface area contributed by atoms with Crippen LogP contribution in [0.3, 0.4) is 0 Å². The fourth-order valence-corrected chi connectivity index (χ4v) is 3.17. The Morgan fingerprint density at radius 2 is 1.96 bits per heavy atom. The van der Waals surface area contributed by atoms with Crippen molar-refractivity contribution in [2.24, 2.45) is 5.73 Å². The van der Waals surface area contributed by atoms with E-state index in [0.717, 1.165) is 24.8 Å². The molecule has 136 valence electrons. The lowest BCUT2D eigenvalue weighted by atomic mass is 9.87. The normalized spacial score (nSPS) is 17.8. The fraction of sp³-hybridized carbons (Fsp3) is 0.500. The molecule has 1 aromatic rings. The summed E-state index contributed by atoms with van der Waals surface area (Å²) in [4.78, 5) is 25.0. The van der Waals surface area contributed by atoms with Crippen LogP contribution in [0.1, 0.15) is 67.9 Å². The van der Waals surface area contributed by atoms with E-state index in [-0.39, 0.29) is 11.9 Å². The highest BCUT2D eigenvalue weighted by molar-refractivity contribution is 5.98. The SMILES string of the molecule is COC(=O)C(C)(CC1=CCCCC1)NC(=O)c1ccc(C(C)N)cc1. The van der Waals surface area contributed by atoms with Crippen LogP contribution in [0.4, 0.5) is 0 Å². The molecule has 0 fully saturated rings. The lowest BCUT2D eigenvalue weighted by Gasteiger charge is -2.30. The van der Waals surface area contributed by atoms with Crippen molar-refractivity contribution in [2.75, 3.05) is 7.11 Å². The van der Waals surface area contributed by atoms with Crippen molar-refractivity contribution in [3.63, 3.8) is 0 Å². The number of nitrogens with one attached hydrogen (secondary N) is 1. The van der Waals surface area contributed by atoms with E-state index in [0.29, 0.717) is 12.0 Å². The maximum absolute atomic E-state index is 12.6. The van der Waals surface area contributed by atoms with Crippen molar-refractivity contribution in [3.05, 3.63) is 47.0 Å². The Labute approximate surface area is 149 Å². The molecule has 5 heteroatoms. The van der Waals surface area contributed by atoms with Gasteiger partial charge in [0.1, 0.15) is 5.54 Å². The number of ether oxygens (including phenoxy) is 1. The van der Waals surface area contributed by atoms with Gasteiger partial charge in [0.15, 0.2) is 0 Å². The van der Waals surface area contributed by atoms with Crippen LogP contribution >= 0.6 is 0 Å². The van der Waals surface area contributed by atoms with Gasteiger partial charge in [-0.05, 0) is 57.2 Å². The zero-order valence-corrected chi connectivity index (χ0v) is 15.3. The van der Waals surface area contributed by atoms with Crippen LogP contribution in [0.2, 0.25) is 0 Å².